The summed E-state index contributed by atoms with van der Waals surface area (Å²) in [6.45, 7) is 8.56. The maximum absolute atomic E-state index is 12.7. The van der Waals surface area contributed by atoms with Crippen LogP contribution in [0.5, 0.6) is 0 Å². The Kier molecular flexibility index (Phi) is 5.08. The second-order valence-corrected chi connectivity index (χ2v) is 8.50. The molecule has 1 atom stereocenters. The Morgan fingerprint density at radius 1 is 1.29 bits per heavy atom. The molecule has 2 N–H and O–H groups in total. The van der Waals surface area contributed by atoms with Gasteiger partial charge >= 0.3 is 0 Å². The van der Waals surface area contributed by atoms with Crippen molar-refractivity contribution in [3.63, 3.8) is 0 Å². The van der Waals surface area contributed by atoms with Crippen LogP contribution in [0.4, 0.5) is 0 Å². The van der Waals surface area contributed by atoms with Crippen molar-refractivity contribution in [1.82, 2.24) is 20.1 Å². The molecule has 1 aromatic carbocycles. The summed E-state index contributed by atoms with van der Waals surface area (Å²) in [4.78, 5) is 15.8. The van der Waals surface area contributed by atoms with Gasteiger partial charge in [0, 0.05) is 36.1 Å². The zero-order valence-electron chi connectivity index (χ0n) is 16.8. The molecule has 148 valence electrons. The number of nitrogens with one attached hydrogen (secondary N) is 2. The quantitative estimate of drug-likeness (QED) is 0.713. The third kappa shape index (κ3) is 3.75. The van der Waals surface area contributed by atoms with Gasteiger partial charge in [-0.3, -0.25) is 4.79 Å². The number of nitrogens with zero attached hydrogens (tertiary/aromatic N) is 2. The first-order valence-corrected chi connectivity index (χ1v) is 9.96. The fourth-order valence-corrected chi connectivity index (χ4v) is 3.73. The second kappa shape index (κ2) is 7.53. The first-order valence-electron chi connectivity index (χ1n) is 9.96. The lowest BCUT2D eigenvalue weighted by Crippen LogP contribution is -2.28. The number of aromatic nitrogens is 3. The Bertz CT molecular complexity index is 1010. The fourth-order valence-electron chi connectivity index (χ4n) is 3.73. The van der Waals surface area contributed by atoms with Gasteiger partial charge in [0.1, 0.15) is 5.65 Å². The van der Waals surface area contributed by atoms with Crippen LogP contribution in [-0.4, -0.2) is 34.0 Å². The highest BCUT2D eigenvalue weighted by Gasteiger charge is 2.24. The Balaban J connectivity index is 1.71. The standard InChI is InChI=1S/C22H28N4O2/c1-22(2,3)19-18-12-15(13-23-14-17-10-7-11-28-17)21(27)24-20(18)26(25-19)16-8-5-4-6-9-16/h4-6,8-9,12,17,23H,7,10-11,13-14H2,1-3H3,(H,24,27)/t17-/m0/s1. The lowest BCUT2D eigenvalue weighted by molar-refractivity contribution is 0.110. The molecule has 1 aliphatic rings. The largest absolute Gasteiger partial charge is 0.377 e. The van der Waals surface area contributed by atoms with Crippen molar-refractivity contribution in [3.05, 3.63) is 58.0 Å². The van der Waals surface area contributed by atoms with Crippen molar-refractivity contribution < 1.29 is 4.74 Å². The monoisotopic (exact) mass is 380 g/mol. The zero-order valence-corrected chi connectivity index (χ0v) is 16.8. The molecular formula is C22H28N4O2. The predicted octanol–water partition coefficient (Wildman–Crippen LogP) is 3.28. The van der Waals surface area contributed by atoms with Crippen LogP contribution in [0.1, 0.15) is 44.9 Å². The van der Waals surface area contributed by atoms with Gasteiger partial charge in [-0.05, 0) is 31.0 Å². The van der Waals surface area contributed by atoms with E-state index in [0.717, 1.165) is 54.0 Å². The summed E-state index contributed by atoms with van der Waals surface area (Å²) in [6.07, 6.45) is 2.46. The average Bonchev–Trinajstić information content (AvgIpc) is 3.30. The molecule has 4 rings (SSSR count). The van der Waals surface area contributed by atoms with Crippen LogP contribution in [0.25, 0.3) is 16.7 Å². The number of H-pyrrole nitrogens is 1. The SMILES string of the molecule is CC(C)(C)c1nn(-c2ccccc2)c2[nH]c(=O)c(CNC[C@@H]3CCCO3)cc12. The molecule has 6 nitrogen and oxygen atoms in total. The van der Waals surface area contributed by atoms with E-state index < -0.39 is 0 Å². The number of rotatable bonds is 5. The highest BCUT2D eigenvalue weighted by atomic mass is 16.5. The maximum atomic E-state index is 12.7. The van der Waals surface area contributed by atoms with Crippen molar-refractivity contribution in [2.24, 2.45) is 0 Å². The zero-order chi connectivity index (χ0) is 19.7. The van der Waals surface area contributed by atoms with Gasteiger partial charge in [-0.1, -0.05) is 39.0 Å². The summed E-state index contributed by atoms with van der Waals surface area (Å²) in [5, 5.41) is 9.23. The van der Waals surface area contributed by atoms with Crippen molar-refractivity contribution in [1.29, 1.82) is 0 Å². The Hall–Kier alpha value is -2.44. The summed E-state index contributed by atoms with van der Waals surface area (Å²) >= 11 is 0. The first kappa shape index (κ1) is 18.9. The minimum absolute atomic E-state index is 0.0788. The fraction of sp³-hybridized carbons (Fsp3) is 0.455. The topological polar surface area (TPSA) is 71.9 Å². The summed E-state index contributed by atoms with van der Waals surface area (Å²) in [6, 6.07) is 11.9. The van der Waals surface area contributed by atoms with Gasteiger partial charge in [0.2, 0.25) is 0 Å². The minimum atomic E-state index is -0.140. The van der Waals surface area contributed by atoms with Crippen molar-refractivity contribution in [2.45, 2.75) is 51.7 Å². The summed E-state index contributed by atoms with van der Waals surface area (Å²) in [7, 11) is 0. The molecular weight excluding hydrogens is 352 g/mol. The van der Waals surface area contributed by atoms with E-state index in [0.29, 0.717) is 6.54 Å². The third-order valence-corrected chi connectivity index (χ3v) is 5.19. The van der Waals surface area contributed by atoms with E-state index in [-0.39, 0.29) is 17.1 Å². The summed E-state index contributed by atoms with van der Waals surface area (Å²) in [5.41, 5.74) is 3.15. The van der Waals surface area contributed by atoms with Crippen LogP contribution in [0.2, 0.25) is 0 Å². The first-order chi connectivity index (χ1) is 13.4. The number of fused-ring (bicyclic) bond motifs is 1. The van der Waals surface area contributed by atoms with Gasteiger partial charge in [0.15, 0.2) is 0 Å². The molecule has 6 heteroatoms. The van der Waals surface area contributed by atoms with Crippen LogP contribution < -0.4 is 10.9 Å². The smallest absolute Gasteiger partial charge is 0.254 e. The van der Waals surface area contributed by atoms with Gasteiger partial charge in [0.25, 0.3) is 5.56 Å². The molecule has 0 radical (unpaired) electrons. The van der Waals surface area contributed by atoms with Crippen molar-refractivity contribution in [2.75, 3.05) is 13.2 Å². The van der Waals surface area contributed by atoms with Gasteiger partial charge in [-0.25, -0.2) is 4.68 Å². The van der Waals surface area contributed by atoms with Crippen molar-refractivity contribution >= 4 is 11.0 Å². The van der Waals surface area contributed by atoms with Crippen LogP contribution in [0.3, 0.4) is 0 Å². The molecule has 0 spiro atoms. The second-order valence-electron chi connectivity index (χ2n) is 8.50. The van der Waals surface area contributed by atoms with E-state index in [1.807, 2.05) is 41.1 Å². The predicted molar refractivity (Wildman–Crippen MR) is 111 cm³/mol. The van der Waals surface area contributed by atoms with E-state index in [4.69, 9.17) is 9.84 Å². The molecule has 1 aliphatic heterocycles. The molecule has 1 saturated heterocycles. The highest BCUT2D eigenvalue weighted by Crippen LogP contribution is 2.29. The molecule has 2 aromatic heterocycles. The molecule has 28 heavy (non-hydrogen) atoms. The molecule has 0 saturated carbocycles. The van der Waals surface area contributed by atoms with Crippen LogP contribution in [-0.2, 0) is 16.7 Å². The molecule has 3 aromatic rings. The van der Waals surface area contributed by atoms with Gasteiger partial charge < -0.3 is 15.0 Å². The summed E-state index contributed by atoms with van der Waals surface area (Å²) < 4.78 is 7.48. The molecule has 0 aliphatic carbocycles. The number of ether oxygens (including phenoxy) is 1. The minimum Gasteiger partial charge on any atom is -0.377 e. The number of hydrogen-bond donors (Lipinski definition) is 2. The molecule has 0 bridgehead atoms. The van der Waals surface area contributed by atoms with Gasteiger partial charge in [0.05, 0.1) is 17.5 Å². The van der Waals surface area contributed by atoms with Crippen LogP contribution >= 0.6 is 0 Å². The lowest BCUT2D eigenvalue weighted by Gasteiger charge is -2.15. The van der Waals surface area contributed by atoms with Gasteiger partial charge in [-0.2, -0.15) is 5.10 Å². The van der Waals surface area contributed by atoms with Crippen molar-refractivity contribution in [3.8, 4) is 5.69 Å². The molecule has 1 fully saturated rings. The highest BCUT2D eigenvalue weighted by molar-refractivity contribution is 5.81. The molecule has 0 unspecified atom stereocenters. The molecule has 0 amide bonds. The van der Waals surface area contributed by atoms with Crippen LogP contribution in [0.15, 0.2) is 41.2 Å². The Morgan fingerprint density at radius 2 is 2.07 bits per heavy atom. The normalized spacial score (nSPS) is 17.5. The lowest BCUT2D eigenvalue weighted by atomic mass is 9.90. The van der Waals surface area contributed by atoms with E-state index in [1.54, 1.807) is 0 Å². The number of hydrogen-bond acceptors (Lipinski definition) is 4. The van der Waals surface area contributed by atoms with E-state index in [2.05, 4.69) is 31.1 Å². The number of pyridine rings is 1. The number of benzene rings is 1. The summed E-state index contributed by atoms with van der Waals surface area (Å²) in [5.74, 6) is 0. The number of aromatic amines is 1. The van der Waals surface area contributed by atoms with Crippen LogP contribution in [0, 0.1) is 0 Å². The molecule has 3 heterocycles. The maximum Gasteiger partial charge on any atom is 0.254 e. The van der Waals surface area contributed by atoms with E-state index >= 15 is 0 Å². The van der Waals surface area contributed by atoms with E-state index in [1.165, 1.54) is 0 Å². The van der Waals surface area contributed by atoms with Gasteiger partial charge in [-0.15, -0.1) is 0 Å². The average molecular weight is 380 g/mol. The Labute approximate surface area is 164 Å². The number of para-hydroxylation sites is 1. The third-order valence-electron chi connectivity index (χ3n) is 5.19. The van der Waals surface area contributed by atoms with E-state index in [9.17, 15) is 4.79 Å². The Morgan fingerprint density at radius 3 is 2.75 bits per heavy atom.